The molecule has 1 N–H and O–H groups in total. The average Bonchev–Trinajstić information content (AvgIpc) is 3.22. The Morgan fingerprint density at radius 2 is 2.07 bits per heavy atom. The Kier molecular flexibility index (Phi) is 5.24. The molecular formula is C23H26N4O. The van der Waals surface area contributed by atoms with Crippen LogP contribution in [-0.2, 0) is 6.42 Å². The second kappa shape index (κ2) is 7.97. The molecule has 3 aromatic rings. The fourth-order valence-corrected chi connectivity index (χ4v) is 4.09. The summed E-state index contributed by atoms with van der Waals surface area (Å²) in [4.78, 5) is 19.4. The highest BCUT2D eigenvalue weighted by molar-refractivity contribution is 5.92. The summed E-state index contributed by atoms with van der Waals surface area (Å²) in [6.45, 7) is 5.67. The van der Waals surface area contributed by atoms with Gasteiger partial charge in [0.15, 0.2) is 0 Å². The number of likely N-dealkylation sites (tertiary alicyclic amines) is 1. The number of pyridine rings is 1. The molecular weight excluding hydrogens is 348 g/mol. The maximum atomic E-state index is 12.7. The number of carbonyl (C=O) groups excluding carboxylic acids is 1. The van der Waals surface area contributed by atoms with Gasteiger partial charge in [-0.15, -0.1) is 0 Å². The molecule has 1 aromatic carbocycles. The Morgan fingerprint density at radius 3 is 2.86 bits per heavy atom. The van der Waals surface area contributed by atoms with Crippen LogP contribution in [0.1, 0.15) is 57.3 Å². The van der Waals surface area contributed by atoms with Crippen LogP contribution >= 0.6 is 0 Å². The lowest BCUT2D eigenvalue weighted by molar-refractivity contribution is 0.0700. The van der Waals surface area contributed by atoms with Crippen molar-refractivity contribution in [1.29, 1.82) is 0 Å². The molecule has 2 aromatic heterocycles. The van der Waals surface area contributed by atoms with Gasteiger partial charge in [0, 0.05) is 36.6 Å². The van der Waals surface area contributed by atoms with Crippen molar-refractivity contribution in [3.63, 3.8) is 0 Å². The second-order valence-corrected chi connectivity index (χ2v) is 7.77. The minimum atomic E-state index is 0.0230. The molecule has 3 heterocycles. The van der Waals surface area contributed by atoms with Gasteiger partial charge in [-0.1, -0.05) is 29.8 Å². The van der Waals surface area contributed by atoms with Crippen molar-refractivity contribution in [2.45, 2.75) is 39.0 Å². The Balaban J connectivity index is 1.53. The van der Waals surface area contributed by atoms with Gasteiger partial charge in [-0.05, 0) is 62.4 Å². The summed E-state index contributed by atoms with van der Waals surface area (Å²) in [5.74, 6) is 0.298. The van der Waals surface area contributed by atoms with Crippen molar-refractivity contribution < 1.29 is 4.79 Å². The number of carbonyl (C=O) groups is 1. The molecule has 4 rings (SSSR count). The van der Waals surface area contributed by atoms with Crippen LogP contribution in [0, 0.1) is 13.8 Å². The molecule has 0 aliphatic carbocycles. The Hall–Kier alpha value is -2.95. The highest BCUT2D eigenvalue weighted by Gasteiger charge is 2.27. The third-order valence-corrected chi connectivity index (χ3v) is 5.38. The van der Waals surface area contributed by atoms with Crippen molar-refractivity contribution in [2.75, 3.05) is 13.1 Å². The molecule has 1 aliphatic rings. The summed E-state index contributed by atoms with van der Waals surface area (Å²) < 4.78 is 0. The quantitative estimate of drug-likeness (QED) is 0.750. The lowest BCUT2D eigenvalue weighted by atomic mass is 9.92. The molecule has 5 heteroatoms. The van der Waals surface area contributed by atoms with Crippen molar-refractivity contribution in [3.8, 4) is 0 Å². The van der Waals surface area contributed by atoms with Crippen LogP contribution in [-0.4, -0.2) is 39.1 Å². The number of aryl methyl sites for hydroxylation is 2. The molecule has 0 saturated carbocycles. The lowest BCUT2D eigenvalue weighted by Gasteiger charge is -2.32. The smallest absolute Gasteiger partial charge is 0.271 e. The van der Waals surface area contributed by atoms with Crippen LogP contribution in [0.5, 0.6) is 0 Å². The van der Waals surface area contributed by atoms with Crippen LogP contribution in [0.25, 0.3) is 0 Å². The number of nitrogens with one attached hydrogen (secondary N) is 1. The molecule has 1 aliphatic heterocycles. The zero-order valence-corrected chi connectivity index (χ0v) is 16.5. The van der Waals surface area contributed by atoms with Gasteiger partial charge < -0.3 is 4.90 Å². The highest BCUT2D eigenvalue weighted by Crippen LogP contribution is 2.28. The van der Waals surface area contributed by atoms with Gasteiger partial charge in [-0.25, -0.2) is 0 Å². The Labute approximate surface area is 165 Å². The zero-order chi connectivity index (χ0) is 19.5. The topological polar surface area (TPSA) is 61.9 Å². The fraction of sp³-hybridized carbons (Fsp3) is 0.348. The first kappa shape index (κ1) is 18.4. The summed E-state index contributed by atoms with van der Waals surface area (Å²) in [7, 11) is 0. The average molecular weight is 374 g/mol. The van der Waals surface area contributed by atoms with E-state index in [-0.39, 0.29) is 11.8 Å². The summed E-state index contributed by atoms with van der Waals surface area (Å²) in [5, 5.41) is 6.68. The summed E-state index contributed by atoms with van der Waals surface area (Å²) in [5.41, 5.74) is 6.57. The van der Waals surface area contributed by atoms with Crippen molar-refractivity contribution in [1.82, 2.24) is 20.1 Å². The number of aromatic amines is 1. The molecule has 5 nitrogen and oxygen atoms in total. The molecule has 0 radical (unpaired) electrons. The molecule has 1 saturated heterocycles. The zero-order valence-electron chi connectivity index (χ0n) is 16.5. The van der Waals surface area contributed by atoms with Crippen molar-refractivity contribution in [3.05, 3.63) is 82.4 Å². The largest absolute Gasteiger partial charge is 0.337 e. The number of nitrogens with zero attached hydrogens (tertiary/aromatic N) is 3. The summed E-state index contributed by atoms with van der Waals surface area (Å²) in [6.07, 6.45) is 4.58. The monoisotopic (exact) mass is 374 g/mol. The number of rotatable bonds is 4. The SMILES string of the molecule is Cc1cccc(Cc2cc(C)nc(C3CCCN(C(=O)c4ccn[nH]4)C3)c2)c1. The van der Waals surface area contributed by atoms with E-state index in [0.717, 1.165) is 37.2 Å². The number of benzene rings is 1. The number of hydrogen-bond donors (Lipinski definition) is 1. The van der Waals surface area contributed by atoms with E-state index in [2.05, 4.69) is 60.4 Å². The van der Waals surface area contributed by atoms with E-state index in [4.69, 9.17) is 4.98 Å². The van der Waals surface area contributed by atoms with Crippen LogP contribution < -0.4 is 0 Å². The van der Waals surface area contributed by atoms with E-state index >= 15 is 0 Å². The number of H-pyrrole nitrogens is 1. The molecule has 1 unspecified atom stereocenters. The standard InChI is InChI=1S/C23H26N4O/c1-16-5-3-6-18(11-16)13-19-12-17(2)25-22(14-19)20-7-4-10-27(15-20)23(28)21-8-9-24-26-21/h3,5-6,8-9,11-12,14,20H,4,7,10,13,15H2,1-2H3,(H,24,26). The summed E-state index contributed by atoms with van der Waals surface area (Å²) in [6, 6.07) is 14.8. The van der Waals surface area contributed by atoms with E-state index in [9.17, 15) is 4.79 Å². The third kappa shape index (κ3) is 4.14. The van der Waals surface area contributed by atoms with Crippen LogP contribution in [0.3, 0.4) is 0 Å². The fourth-order valence-electron chi connectivity index (χ4n) is 4.09. The number of piperidine rings is 1. The second-order valence-electron chi connectivity index (χ2n) is 7.77. The molecule has 28 heavy (non-hydrogen) atoms. The van der Waals surface area contributed by atoms with Gasteiger partial charge in [0.1, 0.15) is 5.69 Å². The predicted octanol–water partition coefficient (Wildman–Crippen LogP) is 4.03. The van der Waals surface area contributed by atoms with Crippen molar-refractivity contribution >= 4 is 5.91 Å². The number of aromatic nitrogens is 3. The lowest BCUT2D eigenvalue weighted by Crippen LogP contribution is -2.39. The van der Waals surface area contributed by atoms with Gasteiger partial charge in [-0.2, -0.15) is 5.10 Å². The normalized spacial score (nSPS) is 16.9. The van der Waals surface area contributed by atoms with Crippen LogP contribution in [0.2, 0.25) is 0 Å². The molecule has 1 fully saturated rings. The first-order valence-electron chi connectivity index (χ1n) is 9.90. The molecule has 1 atom stereocenters. The third-order valence-electron chi connectivity index (χ3n) is 5.38. The number of hydrogen-bond acceptors (Lipinski definition) is 3. The van der Waals surface area contributed by atoms with Crippen molar-refractivity contribution in [2.24, 2.45) is 0 Å². The molecule has 144 valence electrons. The first-order valence-corrected chi connectivity index (χ1v) is 9.90. The van der Waals surface area contributed by atoms with E-state index in [0.29, 0.717) is 12.2 Å². The minimum Gasteiger partial charge on any atom is -0.337 e. The minimum absolute atomic E-state index is 0.0230. The van der Waals surface area contributed by atoms with E-state index < -0.39 is 0 Å². The van der Waals surface area contributed by atoms with Gasteiger partial charge in [-0.3, -0.25) is 14.9 Å². The van der Waals surface area contributed by atoms with Gasteiger partial charge in [0.2, 0.25) is 0 Å². The molecule has 0 spiro atoms. The predicted molar refractivity (Wildman–Crippen MR) is 109 cm³/mol. The maximum absolute atomic E-state index is 12.7. The number of amides is 1. The highest BCUT2D eigenvalue weighted by atomic mass is 16.2. The van der Waals surface area contributed by atoms with Gasteiger partial charge >= 0.3 is 0 Å². The van der Waals surface area contributed by atoms with E-state index in [1.807, 2.05) is 4.90 Å². The van der Waals surface area contributed by atoms with Crippen LogP contribution in [0.4, 0.5) is 0 Å². The Morgan fingerprint density at radius 1 is 1.18 bits per heavy atom. The Bertz CT molecular complexity index is 964. The van der Waals surface area contributed by atoms with Crippen LogP contribution in [0.15, 0.2) is 48.7 Å². The summed E-state index contributed by atoms with van der Waals surface area (Å²) >= 11 is 0. The first-order chi connectivity index (χ1) is 13.6. The molecule has 1 amide bonds. The maximum Gasteiger partial charge on any atom is 0.271 e. The molecule has 0 bridgehead atoms. The van der Waals surface area contributed by atoms with E-state index in [1.54, 1.807) is 12.3 Å². The van der Waals surface area contributed by atoms with Gasteiger partial charge in [0.05, 0.1) is 0 Å². The van der Waals surface area contributed by atoms with E-state index in [1.165, 1.54) is 16.7 Å². The van der Waals surface area contributed by atoms with Gasteiger partial charge in [0.25, 0.3) is 5.91 Å².